The Morgan fingerprint density at radius 3 is 2.81 bits per heavy atom. The van der Waals surface area contributed by atoms with Crippen LogP contribution in [0.5, 0.6) is 0 Å². The summed E-state index contributed by atoms with van der Waals surface area (Å²) in [4.78, 5) is 15.4. The van der Waals surface area contributed by atoms with Crippen molar-refractivity contribution in [3.8, 4) is 10.6 Å². The summed E-state index contributed by atoms with van der Waals surface area (Å²) in [6.07, 6.45) is 5.61. The summed E-state index contributed by atoms with van der Waals surface area (Å²) in [5.41, 5.74) is 2.49. The largest absolute Gasteiger partial charge is 0.348 e. The van der Waals surface area contributed by atoms with Crippen LogP contribution in [0.4, 0.5) is 0 Å². The molecule has 0 fully saturated rings. The highest BCUT2D eigenvalue weighted by Crippen LogP contribution is 2.28. The zero-order valence-corrected chi connectivity index (χ0v) is 13.0. The van der Waals surface area contributed by atoms with Gasteiger partial charge in [-0.2, -0.15) is 0 Å². The van der Waals surface area contributed by atoms with E-state index in [2.05, 4.69) is 58.1 Å². The number of nitrogens with one attached hydrogen (secondary N) is 1. The van der Waals surface area contributed by atoms with Crippen molar-refractivity contribution < 1.29 is 0 Å². The second-order valence-corrected chi connectivity index (χ2v) is 6.27. The number of hydrogen-bond acceptors (Lipinski definition) is 4. The average Bonchev–Trinajstić information content (AvgIpc) is 3.11. The summed E-state index contributed by atoms with van der Waals surface area (Å²) >= 11 is 1.76. The molecule has 0 atom stereocenters. The lowest BCUT2D eigenvalue weighted by Crippen LogP contribution is -2.17. The fraction of sp³-hybridized carbons (Fsp3) is 0.250. The normalized spacial score (nSPS) is 11.2. The van der Waals surface area contributed by atoms with E-state index in [4.69, 9.17) is 0 Å². The number of aromatic amines is 1. The molecular formula is C16H18N4S. The maximum Gasteiger partial charge on any atom is 0.123 e. The average molecular weight is 298 g/mol. The van der Waals surface area contributed by atoms with Crippen molar-refractivity contribution in [1.82, 2.24) is 19.9 Å². The van der Waals surface area contributed by atoms with Crippen LogP contribution in [0.3, 0.4) is 0 Å². The van der Waals surface area contributed by atoms with Crippen molar-refractivity contribution in [3.05, 3.63) is 59.1 Å². The summed E-state index contributed by atoms with van der Waals surface area (Å²) in [6, 6.07) is 8.38. The van der Waals surface area contributed by atoms with E-state index in [1.54, 1.807) is 17.5 Å². The van der Waals surface area contributed by atoms with Crippen LogP contribution in [0.15, 0.2) is 42.9 Å². The Hall–Kier alpha value is -1.98. The monoisotopic (exact) mass is 298 g/mol. The number of benzene rings is 1. The van der Waals surface area contributed by atoms with Crippen molar-refractivity contribution in [1.29, 1.82) is 0 Å². The maximum atomic E-state index is 4.57. The fourth-order valence-electron chi connectivity index (χ4n) is 2.28. The summed E-state index contributed by atoms with van der Waals surface area (Å²) in [7, 11) is 2.09. The minimum absolute atomic E-state index is 0.810. The second-order valence-electron chi connectivity index (χ2n) is 5.15. The molecule has 0 aliphatic heterocycles. The maximum absolute atomic E-state index is 4.57. The van der Waals surface area contributed by atoms with Gasteiger partial charge < -0.3 is 4.98 Å². The highest BCUT2D eigenvalue weighted by Gasteiger charge is 2.09. The minimum Gasteiger partial charge on any atom is -0.348 e. The van der Waals surface area contributed by atoms with E-state index in [-0.39, 0.29) is 0 Å². The molecule has 0 aliphatic carbocycles. The van der Waals surface area contributed by atoms with E-state index >= 15 is 0 Å². The van der Waals surface area contributed by atoms with Crippen LogP contribution in [-0.2, 0) is 13.1 Å². The molecule has 21 heavy (non-hydrogen) atoms. The Balaban J connectivity index is 1.69. The highest BCUT2D eigenvalue weighted by molar-refractivity contribution is 7.15. The molecule has 0 saturated heterocycles. The first-order chi connectivity index (χ1) is 10.2. The SMILES string of the molecule is Cc1ccccc1-c1ncc(CN(C)Cc2ncc[nH]2)s1. The molecule has 0 unspecified atom stereocenters. The molecule has 0 aliphatic rings. The van der Waals surface area contributed by atoms with Crippen LogP contribution in [0, 0.1) is 6.92 Å². The van der Waals surface area contributed by atoms with Gasteiger partial charge in [-0.3, -0.25) is 4.90 Å². The third kappa shape index (κ3) is 3.37. The molecule has 0 saturated carbocycles. The van der Waals surface area contributed by atoms with Gasteiger partial charge in [-0.05, 0) is 19.5 Å². The molecule has 108 valence electrons. The number of imidazole rings is 1. The van der Waals surface area contributed by atoms with Gasteiger partial charge in [0, 0.05) is 35.6 Å². The van der Waals surface area contributed by atoms with Gasteiger partial charge in [0.15, 0.2) is 0 Å². The van der Waals surface area contributed by atoms with Crippen molar-refractivity contribution in [2.75, 3.05) is 7.05 Å². The quantitative estimate of drug-likeness (QED) is 0.784. The second kappa shape index (κ2) is 6.20. The summed E-state index contributed by atoms with van der Waals surface area (Å²) < 4.78 is 0. The number of aryl methyl sites for hydroxylation is 1. The summed E-state index contributed by atoms with van der Waals surface area (Å²) in [6.45, 7) is 3.81. The van der Waals surface area contributed by atoms with Gasteiger partial charge in [0.25, 0.3) is 0 Å². The molecule has 2 heterocycles. The van der Waals surface area contributed by atoms with Gasteiger partial charge in [0.1, 0.15) is 10.8 Å². The predicted molar refractivity (Wildman–Crippen MR) is 86.0 cm³/mol. The molecule has 0 radical (unpaired) electrons. The van der Waals surface area contributed by atoms with Gasteiger partial charge in [-0.15, -0.1) is 11.3 Å². The first-order valence-corrected chi connectivity index (χ1v) is 7.71. The molecule has 5 heteroatoms. The number of nitrogens with zero attached hydrogens (tertiary/aromatic N) is 3. The summed E-state index contributed by atoms with van der Waals surface area (Å²) in [5.74, 6) is 0.987. The number of hydrogen-bond donors (Lipinski definition) is 1. The van der Waals surface area contributed by atoms with Crippen LogP contribution in [0.1, 0.15) is 16.3 Å². The van der Waals surface area contributed by atoms with Crippen molar-refractivity contribution in [2.24, 2.45) is 0 Å². The van der Waals surface area contributed by atoms with E-state index in [9.17, 15) is 0 Å². The Morgan fingerprint density at radius 1 is 1.19 bits per heavy atom. The first-order valence-electron chi connectivity index (χ1n) is 6.90. The van der Waals surface area contributed by atoms with Crippen LogP contribution in [-0.4, -0.2) is 26.9 Å². The lowest BCUT2D eigenvalue weighted by Gasteiger charge is -2.13. The van der Waals surface area contributed by atoms with Crippen molar-refractivity contribution >= 4 is 11.3 Å². The summed E-state index contributed by atoms with van der Waals surface area (Å²) in [5, 5.41) is 1.09. The highest BCUT2D eigenvalue weighted by atomic mass is 32.1. The number of H-pyrrole nitrogens is 1. The van der Waals surface area contributed by atoms with Gasteiger partial charge >= 0.3 is 0 Å². The lowest BCUT2D eigenvalue weighted by atomic mass is 10.1. The zero-order valence-electron chi connectivity index (χ0n) is 12.2. The predicted octanol–water partition coefficient (Wildman–Crippen LogP) is 3.47. The standard InChI is InChI=1S/C16H18N4S/c1-12-5-3-4-6-14(12)16-19-9-13(21-16)10-20(2)11-15-17-7-8-18-15/h3-9H,10-11H2,1-2H3,(H,17,18). The topological polar surface area (TPSA) is 44.8 Å². The van der Waals surface area contributed by atoms with Gasteiger partial charge in [0.05, 0.1) is 6.54 Å². The smallest absolute Gasteiger partial charge is 0.123 e. The Labute approximate surface area is 128 Å². The third-order valence-electron chi connectivity index (χ3n) is 3.33. The van der Waals surface area contributed by atoms with Gasteiger partial charge in [-0.25, -0.2) is 9.97 Å². The van der Waals surface area contributed by atoms with Crippen LogP contribution in [0.25, 0.3) is 10.6 Å². The zero-order chi connectivity index (χ0) is 14.7. The number of aromatic nitrogens is 3. The van der Waals surface area contributed by atoms with Crippen molar-refractivity contribution in [2.45, 2.75) is 20.0 Å². The Morgan fingerprint density at radius 2 is 2.05 bits per heavy atom. The van der Waals surface area contributed by atoms with E-state index in [1.807, 2.05) is 12.4 Å². The van der Waals surface area contributed by atoms with Crippen molar-refractivity contribution in [3.63, 3.8) is 0 Å². The molecule has 4 nitrogen and oxygen atoms in total. The third-order valence-corrected chi connectivity index (χ3v) is 4.34. The fourth-order valence-corrected chi connectivity index (χ4v) is 3.36. The van der Waals surface area contributed by atoms with E-state index in [0.717, 1.165) is 23.9 Å². The van der Waals surface area contributed by atoms with E-state index in [1.165, 1.54) is 16.0 Å². The van der Waals surface area contributed by atoms with Gasteiger partial charge in [-0.1, -0.05) is 24.3 Å². The van der Waals surface area contributed by atoms with Crippen LogP contribution in [0.2, 0.25) is 0 Å². The van der Waals surface area contributed by atoms with Crippen LogP contribution >= 0.6 is 11.3 Å². The molecule has 1 aromatic carbocycles. The number of thiazole rings is 1. The van der Waals surface area contributed by atoms with E-state index < -0.39 is 0 Å². The molecular weight excluding hydrogens is 280 g/mol. The Kier molecular flexibility index (Phi) is 4.13. The molecule has 2 aromatic heterocycles. The van der Waals surface area contributed by atoms with Gasteiger partial charge in [0.2, 0.25) is 0 Å². The van der Waals surface area contributed by atoms with Crippen LogP contribution < -0.4 is 0 Å². The molecule has 0 bridgehead atoms. The number of rotatable bonds is 5. The lowest BCUT2D eigenvalue weighted by molar-refractivity contribution is 0.314. The molecule has 0 spiro atoms. The Bertz CT molecular complexity index is 703. The molecule has 0 amide bonds. The molecule has 1 N–H and O–H groups in total. The molecule has 3 aromatic rings. The minimum atomic E-state index is 0.810. The molecule has 3 rings (SSSR count). The first kappa shape index (κ1) is 14.0. The van der Waals surface area contributed by atoms with E-state index in [0.29, 0.717) is 0 Å².